The van der Waals surface area contributed by atoms with Crippen molar-refractivity contribution in [3.05, 3.63) is 114 Å². The summed E-state index contributed by atoms with van der Waals surface area (Å²) in [5, 5.41) is 11.4. The predicted octanol–water partition coefficient (Wildman–Crippen LogP) is 8.44. The van der Waals surface area contributed by atoms with Gasteiger partial charge in [-0.2, -0.15) is 13.2 Å². The number of anilines is 3. The van der Waals surface area contributed by atoms with Crippen molar-refractivity contribution in [3.8, 4) is 11.5 Å². The number of aromatic nitrogens is 2. The number of hydrogen-bond donors (Lipinski definition) is 4. The lowest BCUT2D eigenvalue weighted by Crippen LogP contribution is -2.39. The number of amides is 1. The van der Waals surface area contributed by atoms with Crippen LogP contribution in [0.15, 0.2) is 108 Å². The minimum Gasteiger partial charge on any atom is -0.456 e. The molecule has 0 atom stereocenters. The molecular formula is C35H29F3N6O2S. The standard InChI is InChI=1S/C35H29F3N6O2S/c36-35(37,38)22-4-1-5-24(20-22)42-34(45)28-8-2-7-27-26(28)6-3-9-30(27)46-31-21-32(43-33-29(31)14-15-40-33)41-23-10-12-25(13-11-23)47-44-18-16-39-17-19-44/h1-15,20-21,39H,16-19H2,(H,42,45)(H2,40,41,43). The number of rotatable bonds is 8. The lowest BCUT2D eigenvalue weighted by Gasteiger charge is -2.25. The van der Waals surface area contributed by atoms with Gasteiger partial charge in [0, 0.05) is 65.7 Å². The minimum absolute atomic E-state index is 0.0499. The van der Waals surface area contributed by atoms with Crippen LogP contribution in [0.5, 0.6) is 11.5 Å². The molecule has 4 aromatic carbocycles. The van der Waals surface area contributed by atoms with E-state index in [-0.39, 0.29) is 5.69 Å². The molecule has 0 saturated carbocycles. The molecule has 47 heavy (non-hydrogen) atoms. The molecule has 2 aromatic heterocycles. The first-order valence-electron chi connectivity index (χ1n) is 15.0. The van der Waals surface area contributed by atoms with Crippen molar-refractivity contribution in [1.29, 1.82) is 0 Å². The van der Waals surface area contributed by atoms with Gasteiger partial charge in [-0.15, -0.1) is 0 Å². The number of nitrogens with zero attached hydrogens (tertiary/aromatic N) is 2. The van der Waals surface area contributed by atoms with Crippen LogP contribution in [0.25, 0.3) is 21.8 Å². The lowest BCUT2D eigenvalue weighted by molar-refractivity contribution is -0.137. The Bertz CT molecular complexity index is 2060. The number of ether oxygens (including phenoxy) is 1. The Balaban J connectivity index is 1.13. The van der Waals surface area contributed by atoms with E-state index >= 15 is 0 Å². The van der Waals surface area contributed by atoms with Crippen LogP contribution in [0, 0.1) is 0 Å². The van der Waals surface area contributed by atoms with Crippen LogP contribution >= 0.6 is 11.9 Å². The van der Waals surface area contributed by atoms with Gasteiger partial charge in [-0.3, -0.25) is 4.79 Å². The van der Waals surface area contributed by atoms with E-state index in [0.717, 1.165) is 54.3 Å². The Hall–Kier alpha value is -5.04. The summed E-state index contributed by atoms with van der Waals surface area (Å²) in [5.41, 5.74) is 1.02. The summed E-state index contributed by atoms with van der Waals surface area (Å²) in [6.45, 7) is 3.97. The van der Waals surface area contributed by atoms with E-state index < -0.39 is 17.6 Å². The van der Waals surface area contributed by atoms with Crippen molar-refractivity contribution >= 4 is 56.9 Å². The first-order chi connectivity index (χ1) is 22.8. The molecule has 0 spiro atoms. The van der Waals surface area contributed by atoms with E-state index in [1.54, 1.807) is 48.5 Å². The number of halogens is 3. The van der Waals surface area contributed by atoms with E-state index in [0.29, 0.717) is 39.3 Å². The normalized spacial score (nSPS) is 13.9. The number of H-pyrrole nitrogens is 1. The van der Waals surface area contributed by atoms with Crippen LogP contribution in [0.4, 0.5) is 30.4 Å². The maximum absolute atomic E-state index is 13.3. The quantitative estimate of drug-likeness (QED) is 0.122. The lowest BCUT2D eigenvalue weighted by atomic mass is 10.0. The zero-order chi connectivity index (χ0) is 32.4. The maximum atomic E-state index is 13.3. The van der Waals surface area contributed by atoms with Gasteiger partial charge >= 0.3 is 6.18 Å². The highest BCUT2D eigenvalue weighted by atomic mass is 32.2. The fourth-order valence-electron chi connectivity index (χ4n) is 5.45. The fraction of sp³-hybridized carbons (Fsp3) is 0.143. The second-order valence-corrected chi connectivity index (χ2v) is 12.1. The first kappa shape index (κ1) is 30.6. The highest BCUT2D eigenvalue weighted by molar-refractivity contribution is 7.97. The summed E-state index contributed by atoms with van der Waals surface area (Å²) in [6.07, 6.45) is -2.73. The van der Waals surface area contributed by atoms with Gasteiger partial charge in [-0.25, -0.2) is 9.29 Å². The summed E-state index contributed by atoms with van der Waals surface area (Å²) in [5.74, 6) is 1.10. The average Bonchev–Trinajstić information content (AvgIpc) is 3.55. The molecular weight excluding hydrogens is 625 g/mol. The van der Waals surface area contributed by atoms with E-state index in [4.69, 9.17) is 9.72 Å². The Morgan fingerprint density at radius 3 is 2.40 bits per heavy atom. The van der Waals surface area contributed by atoms with Crippen LogP contribution in [0.2, 0.25) is 0 Å². The Labute approximate surface area is 272 Å². The highest BCUT2D eigenvalue weighted by Crippen LogP contribution is 2.37. The van der Waals surface area contributed by atoms with Gasteiger partial charge < -0.3 is 25.7 Å². The zero-order valence-electron chi connectivity index (χ0n) is 24.9. The van der Waals surface area contributed by atoms with Crippen LogP contribution in [-0.2, 0) is 6.18 Å². The van der Waals surface area contributed by atoms with Gasteiger partial charge in [-0.05, 0) is 78.0 Å². The summed E-state index contributed by atoms with van der Waals surface area (Å²) in [4.78, 5) is 22.3. The van der Waals surface area contributed by atoms with Crippen molar-refractivity contribution < 1.29 is 22.7 Å². The third kappa shape index (κ3) is 6.89. The molecule has 12 heteroatoms. The summed E-state index contributed by atoms with van der Waals surface area (Å²) >= 11 is 1.75. The molecule has 4 N–H and O–H groups in total. The molecule has 1 saturated heterocycles. The van der Waals surface area contributed by atoms with Gasteiger partial charge in [0.2, 0.25) is 0 Å². The molecule has 0 radical (unpaired) electrons. The molecule has 238 valence electrons. The Morgan fingerprint density at radius 1 is 0.830 bits per heavy atom. The topological polar surface area (TPSA) is 94.3 Å². The van der Waals surface area contributed by atoms with E-state index in [2.05, 4.69) is 37.4 Å². The number of benzene rings is 4. The van der Waals surface area contributed by atoms with E-state index in [1.807, 2.05) is 30.3 Å². The summed E-state index contributed by atoms with van der Waals surface area (Å²) < 4.78 is 48.5. The summed E-state index contributed by atoms with van der Waals surface area (Å²) in [6, 6.07) is 27.0. The van der Waals surface area contributed by atoms with Crippen molar-refractivity contribution in [2.75, 3.05) is 36.8 Å². The average molecular weight is 655 g/mol. The molecule has 0 unspecified atom stereocenters. The Morgan fingerprint density at radius 2 is 1.60 bits per heavy atom. The largest absolute Gasteiger partial charge is 0.456 e. The SMILES string of the molecule is O=C(Nc1cccc(C(F)(F)F)c1)c1cccc2c(Oc3cc(Nc4ccc(SN5CCNCC5)cc4)nc4[nH]ccc34)cccc12. The Kier molecular flexibility index (Phi) is 8.46. The molecule has 6 aromatic rings. The van der Waals surface area contributed by atoms with Gasteiger partial charge in [0.15, 0.2) is 0 Å². The molecule has 0 aliphatic carbocycles. The van der Waals surface area contributed by atoms with Gasteiger partial charge in [0.25, 0.3) is 5.91 Å². The molecule has 1 aliphatic rings. The zero-order valence-corrected chi connectivity index (χ0v) is 25.7. The molecule has 1 fully saturated rings. The number of nitrogens with one attached hydrogen (secondary N) is 4. The number of carbonyl (C=O) groups excluding carboxylic acids is 1. The van der Waals surface area contributed by atoms with Crippen LogP contribution in [-0.4, -0.2) is 46.4 Å². The number of carbonyl (C=O) groups is 1. The fourth-order valence-corrected chi connectivity index (χ4v) is 6.37. The van der Waals surface area contributed by atoms with Gasteiger partial charge in [0.1, 0.15) is 23.0 Å². The van der Waals surface area contributed by atoms with Crippen molar-refractivity contribution in [2.45, 2.75) is 11.1 Å². The van der Waals surface area contributed by atoms with Crippen LogP contribution in [0.1, 0.15) is 15.9 Å². The molecule has 3 heterocycles. The second kappa shape index (κ2) is 13.0. The number of aromatic amines is 1. The third-order valence-electron chi connectivity index (χ3n) is 7.72. The van der Waals surface area contributed by atoms with Crippen LogP contribution < -0.4 is 20.7 Å². The third-order valence-corrected chi connectivity index (χ3v) is 8.83. The number of alkyl halides is 3. The molecule has 1 amide bonds. The number of piperazine rings is 1. The highest BCUT2D eigenvalue weighted by Gasteiger charge is 2.30. The summed E-state index contributed by atoms with van der Waals surface area (Å²) in [7, 11) is 0. The van der Waals surface area contributed by atoms with Crippen molar-refractivity contribution in [1.82, 2.24) is 19.6 Å². The van der Waals surface area contributed by atoms with Crippen molar-refractivity contribution in [2.24, 2.45) is 0 Å². The van der Waals surface area contributed by atoms with Crippen molar-refractivity contribution in [3.63, 3.8) is 0 Å². The smallest absolute Gasteiger partial charge is 0.416 e. The number of hydrogen-bond acceptors (Lipinski definition) is 7. The second-order valence-electron chi connectivity index (χ2n) is 11.0. The number of fused-ring (bicyclic) bond motifs is 2. The van der Waals surface area contributed by atoms with E-state index in [9.17, 15) is 18.0 Å². The monoisotopic (exact) mass is 654 g/mol. The van der Waals surface area contributed by atoms with Crippen LogP contribution in [0.3, 0.4) is 0 Å². The number of pyridine rings is 1. The van der Waals surface area contributed by atoms with Gasteiger partial charge in [-0.1, -0.05) is 30.3 Å². The molecule has 1 aliphatic heterocycles. The predicted molar refractivity (Wildman–Crippen MR) is 180 cm³/mol. The molecule has 0 bridgehead atoms. The minimum atomic E-state index is -4.52. The molecule has 8 nitrogen and oxygen atoms in total. The van der Waals surface area contributed by atoms with E-state index in [1.165, 1.54) is 12.1 Å². The first-order valence-corrected chi connectivity index (χ1v) is 15.7. The molecule has 7 rings (SSSR count). The maximum Gasteiger partial charge on any atom is 0.416 e. The van der Waals surface area contributed by atoms with Gasteiger partial charge in [0.05, 0.1) is 10.9 Å².